The van der Waals surface area contributed by atoms with Crippen LogP contribution in [0.1, 0.15) is 54.9 Å². The van der Waals surface area contributed by atoms with E-state index in [0.717, 1.165) is 0 Å². The molecule has 4 rings (SSSR count). The maximum Gasteiger partial charge on any atom is 0.305 e. The number of fused-ring (bicyclic) bond motifs is 1. The number of esters is 1. The maximum absolute atomic E-state index is 11.9. The normalized spacial score (nSPS) is 39.6. The molecule has 0 aromatic rings. The second kappa shape index (κ2) is 11.7. The largest absolute Gasteiger partial charge is 0.463 e. The van der Waals surface area contributed by atoms with Crippen molar-refractivity contribution in [1.82, 2.24) is 0 Å². The first-order valence-electron chi connectivity index (χ1n) is 13.4. The average molecular weight is 565 g/mol. The van der Waals surface area contributed by atoms with Gasteiger partial charge in [0.05, 0.1) is 6.61 Å². The SMILES string of the molecule is CCC(=O)OC[C@H]1O[C@@H](O[C@@H]([C@@H]2OC(C)(C)O[C@H]2C(OC)OC)[C@H]2COC(C)(C)O2)[C@H](O)[C@H]2OC(C)(C)O[C@H]21. The van der Waals surface area contributed by atoms with Crippen molar-refractivity contribution in [3.05, 3.63) is 0 Å². The van der Waals surface area contributed by atoms with E-state index < -0.39 is 78.8 Å². The molecule has 4 saturated heterocycles. The highest BCUT2D eigenvalue weighted by Gasteiger charge is 2.59. The summed E-state index contributed by atoms with van der Waals surface area (Å²) in [6, 6.07) is 0. The Hall–Kier alpha value is -0.970. The Labute approximate surface area is 229 Å². The van der Waals surface area contributed by atoms with E-state index in [9.17, 15) is 9.90 Å². The Morgan fingerprint density at radius 1 is 0.897 bits per heavy atom. The number of aliphatic hydroxyl groups is 1. The van der Waals surface area contributed by atoms with Gasteiger partial charge in [-0.2, -0.15) is 0 Å². The lowest BCUT2D eigenvalue weighted by Crippen LogP contribution is -2.61. The van der Waals surface area contributed by atoms with Crippen LogP contribution in [0.25, 0.3) is 0 Å². The van der Waals surface area contributed by atoms with Crippen LogP contribution < -0.4 is 0 Å². The zero-order valence-corrected chi connectivity index (χ0v) is 24.2. The van der Waals surface area contributed by atoms with Crippen LogP contribution in [0.3, 0.4) is 0 Å². The lowest BCUT2D eigenvalue weighted by atomic mass is 9.98. The number of hydrogen-bond donors (Lipinski definition) is 1. The number of rotatable bonds is 10. The molecule has 0 aromatic carbocycles. The quantitative estimate of drug-likeness (QED) is 0.301. The molecule has 0 unspecified atom stereocenters. The fourth-order valence-electron chi connectivity index (χ4n) is 5.43. The van der Waals surface area contributed by atoms with E-state index in [-0.39, 0.29) is 25.6 Å². The molecular formula is C26H44O13. The van der Waals surface area contributed by atoms with Gasteiger partial charge in [-0.15, -0.1) is 0 Å². The van der Waals surface area contributed by atoms with E-state index in [2.05, 4.69) is 0 Å². The zero-order valence-electron chi connectivity index (χ0n) is 24.2. The van der Waals surface area contributed by atoms with Crippen molar-refractivity contribution in [2.45, 2.75) is 134 Å². The minimum absolute atomic E-state index is 0.102. The molecule has 0 spiro atoms. The molecule has 1 N–H and O–H groups in total. The summed E-state index contributed by atoms with van der Waals surface area (Å²) in [4.78, 5) is 11.9. The van der Waals surface area contributed by atoms with Crippen LogP contribution in [0.5, 0.6) is 0 Å². The van der Waals surface area contributed by atoms with E-state index in [1.807, 2.05) is 0 Å². The Balaban J connectivity index is 1.62. The molecule has 13 nitrogen and oxygen atoms in total. The second-order valence-corrected chi connectivity index (χ2v) is 11.5. The molecule has 4 aliphatic rings. The third-order valence-electron chi connectivity index (χ3n) is 7.06. The predicted molar refractivity (Wildman–Crippen MR) is 131 cm³/mol. The predicted octanol–water partition coefficient (Wildman–Crippen LogP) is 1.22. The summed E-state index contributed by atoms with van der Waals surface area (Å²) in [5, 5.41) is 11.4. The lowest BCUT2D eigenvalue weighted by molar-refractivity contribution is -0.316. The van der Waals surface area contributed by atoms with Crippen molar-refractivity contribution in [2.75, 3.05) is 27.4 Å². The van der Waals surface area contributed by atoms with Crippen LogP contribution in [0.2, 0.25) is 0 Å². The molecule has 0 amide bonds. The molecule has 226 valence electrons. The van der Waals surface area contributed by atoms with Gasteiger partial charge in [0.25, 0.3) is 0 Å². The summed E-state index contributed by atoms with van der Waals surface area (Å²) in [5.74, 6) is -3.25. The van der Waals surface area contributed by atoms with Crippen molar-refractivity contribution in [1.29, 1.82) is 0 Å². The molecule has 0 aliphatic carbocycles. The summed E-state index contributed by atoms with van der Waals surface area (Å²) < 4.78 is 65.6. The number of carbonyl (C=O) groups is 1. The smallest absolute Gasteiger partial charge is 0.305 e. The standard InChI is InChI=1S/C26H44O13/c1-10-15(27)31-11-13-18-19(37-25(4,5)36-18)16(28)22(33-13)34-17(14-12-32-24(2,3)35-14)20-21(23(29-8)30-9)39-26(6,7)38-20/h13-14,16-23,28H,10-12H2,1-9H3/t13-,14-,16-,17-,18+,19-,20+,21-,22+/m1/s1. The lowest BCUT2D eigenvalue weighted by Gasteiger charge is -2.42. The summed E-state index contributed by atoms with van der Waals surface area (Å²) in [5.41, 5.74) is 0. The Bertz CT molecular complexity index is 844. The number of ether oxygens (including phenoxy) is 11. The first-order chi connectivity index (χ1) is 18.2. The Morgan fingerprint density at radius 2 is 1.51 bits per heavy atom. The number of methoxy groups -OCH3 is 2. The fourth-order valence-corrected chi connectivity index (χ4v) is 5.43. The molecule has 0 aromatic heterocycles. The van der Waals surface area contributed by atoms with E-state index in [4.69, 9.17) is 52.1 Å². The number of carbonyl (C=O) groups excluding carboxylic acids is 1. The molecule has 4 aliphatic heterocycles. The van der Waals surface area contributed by atoms with Crippen LogP contribution in [-0.2, 0) is 56.9 Å². The van der Waals surface area contributed by atoms with Gasteiger partial charge < -0.3 is 57.2 Å². The maximum atomic E-state index is 11.9. The zero-order chi connectivity index (χ0) is 28.8. The van der Waals surface area contributed by atoms with Gasteiger partial charge in [0.15, 0.2) is 29.9 Å². The molecule has 0 bridgehead atoms. The fraction of sp³-hybridized carbons (Fsp3) is 0.962. The van der Waals surface area contributed by atoms with E-state index in [0.29, 0.717) is 0 Å². The highest BCUT2D eigenvalue weighted by molar-refractivity contribution is 5.68. The van der Waals surface area contributed by atoms with Crippen molar-refractivity contribution < 1.29 is 62.0 Å². The Kier molecular flexibility index (Phi) is 9.31. The van der Waals surface area contributed by atoms with Crippen LogP contribution in [0, 0.1) is 0 Å². The van der Waals surface area contributed by atoms with Crippen molar-refractivity contribution >= 4 is 5.97 Å². The van der Waals surface area contributed by atoms with E-state index >= 15 is 0 Å². The molecule has 9 atom stereocenters. The summed E-state index contributed by atoms with van der Waals surface area (Å²) in [6.07, 6.45) is -8.28. The van der Waals surface area contributed by atoms with Gasteiger partial charge in [-0.1, -0.05) is 6.92 Å². The average Bonchev–Trinajstić information content (AvgIpc) is 3.49. The van der Waals surface area contributed by atoms with E-state index in [1.54, 1.807) is 48.5 Å². The second-order valence-electron chi connectivity index (χ2n) is 11.5. The summed E-state index contributed by atoms with van der Waals surface area (Å²) in [7, 11) is 3.01. The molecule has 4 heterocycles. The molecule has 39 heavy (non-hydrogen) atoms. The van der Waals surface area contributed by atoms with Crippen LogP contribution in [0.15, 0.2) is 0 Å². The van der Waals surface area contributed by atoms with Crippen molar-refractivity contribution in [2.24, 2.45) is 0 Å². The minimum atomic E-state index is -1.25. The topological polar surface area (TPSA) is 139 Å². The number of hydrogen-bond acceptors (Lipinski definition) is 13. The van der Waals surface area contributed by atoms with Crippen LogP contribution in [-0.4, -0.2) is 117 Å². The summed E-state index contributed by atoms with van der Waals surface area (Å²) in [6.45, 7) is 12.4. The van der Waals surface area contributed by atoms with E-state index in [1.165, 1.54) is 14.2 Å². The van der Waals surface area contributed by atoms with Gasteiger partial charge >= 0.3 is 5.97 Å². The van der Waals surface area contributed by atoms with Gasteiger partial charge in [-0.05, 0) is 41.5 Å². The minimum Gasteiger partial charge on any atom is -0.463 e. The molecule has 0 radical (unpaired) electrons. The molecule has 13 heteroatoms. The summed E-state index contributed by atoms with van der Waals surface area (Å²) >= 11 is 0. The number of aliphatic hydroxyl groups excluding tert-OH is 1. The molecular weight excluding hydrogens is 520 g/mol. The third-order valence-corrected chi connectivity index (χ3v) is 7.06. The first-order valence-corrected chi connectivity index (χ1v) is 13.4. The van der Waals surface area contributed by atoms with Crippen LogP contribution >= 0.6 is 0 Å². The van der Waals surface area contributed by atoms with Crippen LogP contribution in [0.4, 0.5) is 0 Å². The highest BCUT2D eigenvalue weighted by Crippen LogP contribution is 2.41. The van der Waals surface area contributed by atoms with Gasteiger partial charge in [0.1, 0.15) is 55.4 Å². The molecule has 0 saturated carbocycles. The van der Waals surface area contributed by atoms with Gasteiger partial charge in [0, 0.05) is 20.6 Å². The van der Waals surface area contributed by atoms with Gasteiger partial charge in [0.2, 0.25) is 0 Å². The van der Waals surface area contributed by atoms with Crippen molar-refractivity contribution in [3.8, 4) is 0 Å². The first kappa shape index (κ1) is 31.0. The molecule has 4 fully saturated rings. The Morgan fingerprint density at radius 3 is 2.10 bits per heavy atom. The highest BCUT2D eigenvalue weighted by atomic mass is 16.8. The third kappa shape index (κ3) is 6.92. The monoisotopic (exact) mass is 564 g/mol. The van der Waals surface area contributed by atoms with Crippen molar-refractivity contribution in [3.63, 3.8) is 0 Å². The van der Waals surface area contributed by atoms with Gasteiger partial charge in [-0.25, -0.2) is 0 Å². The van der Waals surface area contributed by atoms with Gasteiger partial charge in [-0.3, -0.25) is 4.79 Å².